The highest BCUT2D eigenvalue weighted by Gasteiger charge is 2.11. The number of aryl methyl sites for hydroxylation is 1. The molecule has 0 aromatic heterocycles. The molecule has 0 aliphatic carbocycles. The number of aldehydes is 1. The van der Waals surface area contributed by atoms with Gasteiger partial charge in [0, 0.05) is 16.6 Å². The number of ether oxygens (including phenoxy) is 1. The molecule has 0 atom stereocenters. The molecule has 0 unspecified atom stereocenters. The van der Waals surface area contributed by atoms with Crippen LogP contribution >= 0.6 is 15.9 Å². The predicted molar refractivity (Wildman–Crippen MR) is 77.4 cm³/mol. The lowest BCUT2D eigenvalue weighted by atomic mass is 10.2. The van der Waals surface area contributed by atoms with Crippen molar-refractivity contribution in [2.45, 2.75) is 6.92 Å². The highest BCUT2D eigenvalue weighted by atomic mass is 79.9. The molecule has 0 N–H and O–H groups in total. The lowest BCUT2D eigenvalue weighted by Gasteiger charge is -2.10. The predicted octanol–water partition coefficient (Wildman–Crippen LogP) is 4.27. The molecule has 5 nitrogen and oxygen atoms in total. The fourth-order valence-corrected chi connectivity index (χ4v) is 2.01. The molecule has 0 aliphatic rings. The van der Waals surface area contributed by atoms with Crippen LogP contribution in [0.2, 0.25) is 0 Å². The fourth-order valence-electron chi connectivity index (χ4n) is 1.67. The van der Waals surface area contributed by atoms with E-state index in [2.05, 4.69) is 15.9 Å². The summed E-state index contributed by atoms with van der Waals surface area (Å²) in [5.41, 5.74) is 1.03. The van der Waals surface area contributed by atoms with E-state index in [1.807, 2.05) is 0 Å². The van der Waals surface area contributed by atoms with Gasteiger partial charge >= 0.3 is 0 Å². The second-order valence-corrected chi connectivity index (χ2v) is 5.02. The molecular weight excluding hydrogens is 326 g/mol. The summed E-state index contributed by atoms with van der Waals surface area (Å²) in [4.78, 5) is 21.2. The van der Waals surface area contributed by atoms with Gasteiger partial charge in [0.1, 0.15) is 11.5 Å². The van der Waals surface area contributed by atoms with Crippen molar-refractivity contribution in [3.63, 3.8) is 0 Å². The molecular formula is C14H10BrNO4. The SMILES string of the molecule is Cc1cc([N+](=O)[O-])ccc1Oc1cc(Br)ccc1C=O. The number of nitro groups is 1. The molecule has 20 heavy (non-hydrogen) atoms. The summed E-state index contributed by atoms with van der Waals surface area (Å²) >= 11 is 3.30. The fraction of sp³-hybridized carbons (Fsp3) is 0.0714. The van der Waals surface area contributed by atoms with Crippen LogP contribution < -0.4 is 4.74 Å². The molecule has 102 valence electrons. The Morgan fingerprint density at radius 3 is 2.55 bits per heavy atom. The molecule has 6 heteroatoms. The maximum atomic E-state index is 11.0. The first-order valence-corrected chi connectivity index (χ1v) is 6.48. The van der Waals surface area contributed by atoms with Crippen LogP contribution in [0.25, 0.3) is 0 Å². The van der Waals surface area contributed by atoms with Gasteiger partial charge in [-0.15, -0.1) is 0 Å². The number of nitrogens with zero attached hydrogens (tertiary/aromatic N) is 1. The third kappa shape index (κ3) is 3.03. The molecule has 0 amide bonds. The van der Waals surface area contributed by atoms with E-state index in [0.717, 1.165) is 4.47 Å². The van der Waals surface area contributed by atoms with Gasteiger partial charge < -0.3 is 4.74 Å². The van der Waals surface area contributed by atoms with Crippen molar-refractivity contribution in [3.05, 3.63) is 62.1 Å². The molecule has 0 fully saturated rings. The Balaban J connectivity index is 2.37. The summed E-state index contributed by atoms with van der Waals surface area (Å²) in [5, 5.41) is 10.7. The first-order chi connectivity index (χ1) is 9.51. The van der Waals surface area contributed by atoms with Gasteiger partial charge in [0.15, 0.2) is 6.29 Å². The molecule has 0 heterocycles. The Hall–Kier alpha value is -2.21. The Labute approximate surface area is 123 Å². The number of carbonyl (C=O) groups is 1. The Kier molecular flexibility index (Phi) is 4.14. The molecule has 0 aliphatic heterocycles. The van der Waals surface area contributed by atoms with Gasteiger partial charge in [-0.25, -0.2) is 0 Å². The van der Waals surface area contributed by atoms with E-state index in [1.54, 1.807) is 25.1 Å². The summed E-state index contributed by atoms with van der Waals surface area (Å²) in [6.07, 6.45) is 0.697. The number of nitro benzene ring substituents is 1. The van der Waals surface area contributed by atoms with E-state index >= 15 is 0 Å². The monoisotopic (exact) mass is 335 g/mol. The standard InChI is InChI=1S/C14H10BrNO4/c1-9-6-12(16(18)19)4-5-13(9)20-14-7-11(15)3-2-10(14)8-17/h2-8H,1H3. The Bertz CT molecular complexity index is 685. The summed E-state index contributed by atoms with van der Waals surface area (Å²) in [6, 6.07) is 9.34. The van der Waals surface area contributed by atoms with Crippen molar-refractivity contribution >= 4 is 27.9 Å². The second-order valence-electron chi connectivity index (χ2n) is 4.11. The number of hydrogen-bond donors (Lipinski definition) is 0. The van der Waals surface area contributed by atoms with E-state index < -0.39 is 4.92 Å². The zero-order valence-electron chi connectivity index (χ0n) is 10.5. The van der Waals surface area contributed by atoms with E-state index in [1.165, 1.54) is 18.2 Å². The highest BCUT2D eigenvalue weighted by Crippen LogP contribution is 2.31. The van der Waals surface area contributed by atoms with Crippen molar-refractivity contribution in [2.75, 3.05) is 0 Å². The molecule has 2 rings (SSSR count). The molecule has 0 bridgehead atoms. The lowest BCUT2D eigenvalue weighted by molar-refractivity contribution is -0.384. The van der Waals surface area contributed by atoms with Crippen LogP contribution in [-0.2, 0) is 0 Å². The second kappa shape index (κ2) is 5.83. The van der Waals surface area contributed by atoms with Crippen molar-refractivity contribution in [2.24, 2.45) is 0 Å². The zero-order valence-corrected chi connectivity index (χ0v) is 12.1. The van der Waals surface area contributed by atoms with Crippen LogP contribution in [0.15, 0.2) is 40.9 Å². The van der Waals surface area contributed by atoms with Gasteiger partial charge in [-0.2, -0.15) is 0 Å². The number of benzene rings is 2. The topological polar surface area (TPSA) is 69.4 Å². The molecule has 0 radical (unpaired) electrons. The van der Waals surface area contributed by atoms with Crippen LogP contribution in [0.4, 0.5) is 5.69 Å². The first kappa shape index (κ1) is 14.2. The van der Waals surface area contributed by atoms with Gasteiger partial charge in [-0.1, -0.05) is 15.9 Å². The minimum absolute atomic E-state index is 0.000275. The van der Waals surface area contributed by atoms with Crippen LogP contribution in [0.5, 0.6) is 11.5 Å². The minimum atomic E-state index is -0.466. The molecule has 0 spiro atoms. The van der Waals surface area contributed by atoms with Crippen LogP contribution in [-0.4, -0.2) is 11.2 Å². The van der Waals surface area contributed by atoms with E-state index in [-0.39, 0.29) is 5.69 Å². The molecule has 2 aromatic carbocycles. The summed E-state index contributed by atoms with van der Waals surface area (Å²) in [7, 11) is 0. The number of non-ortho nitro benzene ring substituents is 1. The van der Waals surface area contributed by atoms with Crippen molar-refractivity contribution in [1.29, 1.82) is 0 Å². The van der Waals surface area contributed by atoms with Crippen LogP contribution in [0, 0.1) is 17.0 Å². The molecule has 0 saturated carbocycles. The third-order valence-electron chi connectivity index (χ3n) is 2.69. The van der Waals surface area contributed by atoms with Crippen molar-refractivity contribution in [1.82, 2.24) is 0 Å². The number of rotatable bonds is 4. The largest absolute Gasteiger partial charge is 0.456 e. The van der Waals surface area contributed by atoms with Crippen LogP contribution in [0.3, 0.4) is 0 Å². The summed E-state index contributed by atoms with van der Waals surface area (Å²) in [6.45, 7) is 1.71. The number of hydrogen-bond acceptors (Lipinski definition) is 4. The first-order valence-electron chi connectivity index (χ1n) is 5.69. The third-order valence-corrected chi connectivity index (χ3v) is 3.19. The van der Waals surface area contributed by atoms with Gasteiger partial charge in [-0.3, -0.25) is 14.9 Å². The van der Waals surface area contributed by atoms with Gasteiger partial charge in [0.25, 0.3) is 5.69 Å². The normalized spacial score (nSPS) is 10.1. The maximum absolute atomic E-state index is 11.0. The van der Waals surface area contributed by atoms with Gasteiger partial charge in [-0.05, 0) is 36.8 Å². The molecule has 2 aromatic rings. The van der Waals surface area contributed by atoms with E-state index in [9.17, 15) is 14.9 Å². The van der Waals surface area contributed by atoms with Crippen molar-refractivity contribution in [3.8, 4) is 11.5 Å². The summed E-state index contributed by atoms with van der Waals surface area (Å²) in [5.74, 6) is 0.864. The zero-order chi connectivity index (χ0) is 14.7. The maximum Gasteiger partial charge on any atom is 0.269 e. The molecule has 0 saturated heterocycles. The smallest absolute Gasteiger partial charge is 0.269 e. The van der Waals surface area contributed by atoms with Gasteiger partial charge in [0.05, 0.1) is 10.5 Å². The minimum Gasteiger partial charge on any atom is -0.456 e. The average molecular weight is 336 g/mol. The Morgan fingerprint density at radius 2 is 1.95 bits per heavy atom. The van der Waals surface area contributed by atoms with E-state index in [4.69, 9.17) is 4.74 Å². The number of halogens is 1. The average Bonchev–Trinajstić information content (AvgIpc) is 2.41. The number of carbonyl (C=O) groups excluding carboxylic acids is 1. The van der Waals surface area contributed by atoms with Gasteiger partial charge in [0.2, 0.25) is 0 Å². The summed E-state index contributed by atoms with van der Waals surface area (Å²) < 4.78 is 6.44. The Morgan fingerprint density at radius 1 is 1.20 bits per heavy atom. The quantitative estimate of drug-likeness (QED) is 0.475. The highest BCUT2D eigenvalue weighted by molar-refractivity contribution is 9.10. The van der Waals surface area contributed by atoms with Crippen LogP contribution in [0.1, 0.15) is 15.9 Å². The van der Waals surface area contributed by atoms with E-state index in [0.29, 0.717) is 28.9 Å². The lowest BCUT2D eigenvalue weighted by Crippen LogP contribution is -1.94. The van der Waals surface area contributed by atoms with Crippen molar-refractivity contribution < 1.29 is 14.5 Å².